The topological polar surface area (TPSA) is 77.9 Å². The van der Waals surface area contributed by atoms with Crippen molar-refractivity contribution < 1.29 is 4.79 Å². The highest BCUT2D eigenvalue weighted by atomic mass is 79.9. The molecule has 5 nitrogen and oxygen atoms in total. The third-order valence-corrected chi connectivity index (χ3v) is 2.07. The summed E-state index contributed by atoms with van der Waals surface area (Å²) in [6.45, 7) is 0.580. The van der Waals surface area contributed by atoms with Gasteiger partial charge in [-0.25, -0.2) is 0 Å². The Balaban J connectivity index is 2.70. The Morgan fingerprint density at radius 1 is 1.47 bits per heavy atom. The Bertz CT molecular complexity index is 384. The maximum absolute atomic E-state index is 11.4. The minimum absolute atomic E-state index is 0.137. The monoisotopic (exact) mass is 268 g/mol. The summed E-state index contributed by atoms with van der Waals surface area (Å²) in [5, 5.41) is 6.84. The van der Waals surface area contributed by atoms with E-state index in [2.05, 4.69) is 31.3 Å². The molecule has 0 aliphatic carbocycles. The zero-order valence-electron chi connectivity index (χ0n) is 7.85. The fraction of sp³-hybridized carbons (Fsp3) is 0.222. The molecule has 0 unspecified atom stereocenters. The third kappa shape index (κ3) is 3.61. The molecule has 1 N–H and O–H groups in total. The van der Waals surface area contributed by atoms with Gasteiger partial charge in [0.05, 0.1) is 0 Å². The van der Waals surface area contributed by atoms with Crippen molar-refractivity contribution in [1.29, 1.82) is 0 Å². The second-order valence-electron chi connectivity index (χ2n) is 2.68. The highest BCUT2D eigenvalue weighted by molar-refractivity contribution is 9.09. The first-order valence-corrected chi connectivity index (χ1v) is 5.39. The van der Waals surface area contributed by atoms with Gasteiger partial charge < -0.3 is 5.32 Å². The third-order valence-electron chi connectivity index (χ3n) is 1.67. The molecule has 0 bridgehead atoms. The van der Waals surface area contributed by atoms with E-state index in [0.29, 0.717) is 17.8 Å². The molecule has 0 atom stereocenters. The average molecular weight is 269 g/mol. The molecule has 0 aliphatic heterocycles. The molecule has 0 saturated heterocycles. The number of amides is 1. The van der Waals surface area contributed by atoms with Crippen LogP contribution in [0.15, 0.2) is 29.4 Å². The van der Waals surface area contributed by atoms with Crippen molar-refractivity contribution in [3.63, 3.8) is 0 Å². The maximum Gasteiger partial charge on any atom is 0.251 e. The van der Waals surface area contributed by atoms with Gasteiger partial charge in [-0.3, -0.25) is 4.79 Å². The van der Waals surface area contributed by atoms with E-state index >= 15 is 0 Å². The van der Waals surface area contributed by atoms with E-state index in [1.54, 1.807) is 24.3 Å². The first kappa shape index (κ1) is 11.6. The molecule has 1 rings (SSSR count). The molecule has 6 heteroatoms. The summed E-state index contributed by atoms with van der Waals surface area (Å²) in [6, 6.07) is 6.44. The lowest BCUT2D eigenvalue weighted by atomic mass is 10.2. The number of benzene rings is 1. The number of nitrogens with one attached hydrogen (secondary N) is 1. The Kier molecular flexibility index (Phi) is 4.66. The lowest BCUT2D eigenvalue weighted by Crippen LogP contribution is -2.24. The van der Waals surface area contributed by atoms with Crippen LogP contribution in [-0.2, 0) is 0 Å². The van der Waals surface area contributed by atoms with Crippen LogP contribution < -0.4 is 5.32 Å². The number of hydrogen-bond acceptors (Lipinski definition) is 2. The minimum Gasteiger partial charge on any atom is -0.351 e. The van der Waals surface area contributed by atoms with Crippen molar-refractivity contribution in [2.75, 3.05) is 11.9 Å². The fourth-order valence-corrected chi connectivity index (χ4v) is 1.19. The van der Waals surface area contributed by atoms with Gasteiger partial charge in [-0.1, -0.05) is 33.2 Å². The number of azide groups is 1. The van der Waals surface area contributed by atoms with Crippen molar-refractivity contribution in [2.45, 2.75) is 0 Å². The van der Waals surface area contributed by atoms with Crippen molar-refractivity contribution in [3.05, 3.63) is 40.3 Å². The number of halogens is 1. The molecule has 0 aromatic heterocycles. The second-order valence-corrected chi connectivity index (χ2v) is 3.47. The number of alkyl halides is 1. The molecule has 1 amide bonds. The molecule has 0 saturated carbocycles. The van der Waals surface area contributed by atoms with Crippen LogP contribution in [0.2, 0.25) is 0 Å². The van der Waals surface area contributed by atoms with Gasteiger partial charge in [0.25, 0.3) is 5.91 Å². The highest BCUT2D eigenvalue weighted by Gasteiger charge is 2.02. The van der Waals surface area contributed by atoms with E-state index in [9.17, 15) is 4.79 Å². The largest absolute Gasteiger partial charge is 0.351 e. The van der Waals surface area contributed by atoms with Gasteiger partial charge in [-0.15, -0.1) is 0 Å². The summed E-state index contributed by atoms with van der Waals surface area (Å²) in [5.41, 5.74) is 9.23. The molecule has 78 valence electrons. The Morgan fingerprint density at radius 3 is 2.67 bits per heavy atom. The number of nitrogens with zero attached hydrogens (tertiary/aromatic N) is 3. The van der Waals surface area contributed by atoms with Gasteiger partial charge in [-0.2, -0.15) is 0 Å². The van der Waals surface area contributed by atoms with E-state index in [4.69, 9.17) is 5.53 Å². The van der Waals surface area contributed by atoms with E-state index in [-0.39, 0.29) is 5.91 Å². The molecule has 0 heterocycles. The zero-order valence-corrected chi connectivity index (χ0v) is 9.44. The number of carbonyl (C=O) groups is 1. The zero-order chi connectivity index (χ0) is 11.1. The van der Waals surface area contributed by atoms with E-state index in [0.717, 1.165) is 5.33 Å². The first-order chi connectivity index (χ1) is 7.27. The lowest BCUT2D eigenvalue weighted by molar-refractivity contribution is 0.0956. The van der Waals surface area contributed by atoms with Crippen LogP contribution in [0, 0.1) is 0 Å². The summed E-state index contributed by atoms with van der Waals surface area (Å²) in [6.07, 6.45) is 0. The summed E-state index contributed by atoms with van der Waals surface area (Å²) < 4.78 is 0. The van der Waals surface area contributed by atoms with Gasteiger partial charge in [0, 0.05) is 28.0 Å². The Morgan fingerprint density at radius 2 is 2.13 bits per heavy atom. The van der Waals surface area contributed by atoms with E-state index < -0.39 is 0 Å². The van der Waals surface area contributed by atoms with Crippen LogP contribution in [-0.4, -0.2) is 17.8 Å². The summed E-state index contributed by atoms with van der Waals surface area (Å²) in [5.74, 6) is -0.137. The molecule has 15 heavy (non-hydrogen) atoms. The molecule has 0 radical (unpaired) electrons. The van der Waals surface area contributed by atoms with Gasteiger partial charge in [0.2, 0.25) is 0 Å². The Hall–Kier alpha value is -1.52. The van der Waals surface area contributed by atoms with Crippen molar-refractivity contribution in [3.8, 4) is 0 Å². The number of hydrogen-bond donors (Lipinski definition) is 1. The van der Waals surface area contributed by atoms with Crippen LogP contribution in [0.1, 0.15) is 10.4 Å². The van der Waals surface area contributed by atoms with Crippen LogP contribution in [0.4, 0.5) is 5.69 Å². The molecule has 0 spiro atoms. The van der Waals surface area contributed by atoms with Gasteiger partial charge in [-0.05, 0) is 17.7 Å². The van der Waals surface area contributed by atoms with E-state index in [1.807, 2.05) is 0 Å². The Labute approximate surface area is 95.2 Å². The normalized spacial score (nSPS) is 9.13. The van der Waals surface area contributed by atoms with Crippen molar-refractivity contribution in [1.82, 2.24) is 5.32 Å². The predicted molar refractivity (Wildman–Crippen MR) is 61.4 cm³/mol. The second kappa shape index (κ2) is 6.06. The summed E-state index contributed by atoms with van der Waals surface area (Å²) >= 11 is 3.21. The fourth-order valence-electron chi connectivity index (χ4n) is 0.994. The summed E-state index contributed by atoms with van der Waals surface area (Å²) in [7, 11) is 0. The molecule has 1 aromatic carbocycles. The van der Waals surface area contributed by atoms with Crippen LogP contribution >= 0.6 is 15.9 Å². The van der Waals surface area contributed by atoms with Gasteiger partial charge in [0.1, 0.15) is 0 Å². The van der Waals surface area contributed by atoms with E-state index in [1.165, 1.54) is 0 Å². The molecule has 0 fully saturated rings. The van der Waals surface area contributed by atoms with Crippen molar-refractivity contribution >= 4 is 27.5 Å². The number of rotatable bonds is 4. The predicted octanol–water partition coefficient (Wildman–Crippen LogP) is 2.75. The molecule has 0 aliphatic rings. The molecular formula is C9H9BrN4O. The van der Waals surface area contributed by atoms with Gasteiger partial charge in [0.15, 0.2) is 0 Å². The average Bonchev–Trinajstić information content (AvgIpc) is 2.27. The summed E-state index contributed by atoms with van der Waals surface area (Å²) in [4.78, 5) is 14.1. The smallest absolute Gasteiger partial charge is 0.251 e. The quantitative estimate of drug-likeness (QED) is 0.388. The minimum atomic E-state index is -0.137. The maximum atomic E-state index is 11.4. The van der Waals surface area contributed by atoms with Gasteiger partial charge >= 0.3 is 0 Å². The lowest BCUT2D eigenvalue weighted by Gasteiger charge is -2.02. The van der Waals surface area contributed by atoms with Crippen LogP contribution in [0.25, 0.3) is 10.4 Å². The standard InChI is InChI=1S/C9H9BrN4O/c10-5-6-12-9(15)7-1-3-8(4-2-7)13-14-11/h1-4H,5-6H2,(H,12,15). The highest BCUT2D eigenvalue weighted by Crippen LogP contribution is 2.12. The first-order valence-electron chi connectivity index (χ1n) is 4.27. The SMILES string of the molecule is [N-]=[N+]=Nc1ccc(C(=O)NCCBr)cc1. The number of carbonyl (C=O) groups excluding carboxylic acids is 1. The molecular weight excluding hydrogens is 260 g/mol. The van der Waals surface area contributed by atoms with Crippen LogP contribution in [0.3, 0.4) is 0 Å². The van der Waals surface area contributed by atoms with Crippen LogP contribution in [0.5, 0.6) is 0 Å². The molecule has 1 aromatic rings. The van der Waals surface area contributed by atoms with Crippen molar-refractivity contribution in [2.24, 2.45) is 5.11 Å².